The third-order valence-electron chi connectivity index (χ3n) is 3.08. The summed E-state index contributed by atoms with van der Waals surface area (Å²) in [7, 11) is 2.09. The quantitative estimate of drug-likeness (QED) is 0.740. The summed E-state index contributed by atoms with van der Waals surface area (Å²) in [5.41, 5.74) is 8.89. The number of aromatic nitrogens is 1. The lowest BCUT2D eigenvalue weighted by Gasteiger charge is -2.17. The molecule has 4 heteroatoms. The standard InChI is InChI=1S/C15H15N3S/c1-18(10-11-5-4-6-12(16)9-11)15-13-7-2-3-8-14(13)17-19-15/h2-9H,10,16H2,1H3. The molecule has 3 aromatic rings. The molecule has 0 aliphatic carbocycles. The third-order valence-corrected chi connectivity index (χ3v) is 4.07. The fourth-order valence-corrected chi connectivity index (χ4v) is 3.01. The lowest BCUT2D eigenvalue weighted by atomic mass is 10.2. The Hall–Kier alpha value is -2.07. The minimum absolute atomic E-state index is 0.806. The summed E-state index contributed by atoms with van der Waals surface area (Å²) in [4.78, 5) is 2.22. The van der Waals surface area contributed by atoms with Crippen LogP contribution in [-0.2, 0) is 6.54 Å². The SMILES string of the molecule is CN(Cc1cccc(N)c1)c1snc2ccccc12. The first kappa shape index (κ1) is 12.0. The Bertz CT molecular complexity index is 705. The maximum absolute atomic E-state index is 5.82. The fraction of sp³-hybridized carbons (Fsp3) is 0.133. The normalized spacial score (nSPS) is 10.8. The Balaban J connectivity index is 1.90. The smallest absolute Gasteiger partial charge is 0.120 e. The second-order valence-corrected chi connectivity index (χ2v) is 5.36. The second-order valence-electron chi connectivity index (χ2n) is 4.61. The Morgan fingerprint density at radius 2 is 2.00 bits per heavy atom. The molecule has 0 spiro atoms. The molecule has 2 aromatic carbocycles. The highest BCUT2D eigenvalue weighted by molar-refractivity contribution is 7.11. The van der Waals surface area contributed by atoms with Crippen molar-refractivity contribution < 1.29 is 0 Å². The van der Waals surface area contributed by atoms with E-state index >= 15 is 0 Å². The summed E-state index contributed by atoms with van der Waals surface area (Å²) in [6.07, 6.45) is 0. The zero-order valence-electron chi connectivity index (χ0n) is 10.7. The summed E-state index contributed by atoms with van der Waals surface area (Å²) >= 11 is 1.54. The van der Waals surface area contributed by atoms with Crippen molar-refractivity contribution in [3.05, 3.63) is 54.1 Å². The highest BCUT2D eigenvalue weighted by Crippen LogP contribution is 2.31. The number of rotatable bonds is 3. The van der Waals surface area contributed by atoms with Gasteiger partial charge in [0.1, 0.15) is 5.00 Å². The van der Waals surface area contributed by atoms with Crippen LogP contribution < -0.4 is 10.6 Å². The van der Waals surface area contributed by atoms with E-state index in [0.717, 1.165) is 17.7 Å². The van der Waals surface area contributed by atoms with Gasteiger partial charge in [-0.25, -0.2) is 0 Å². The molecular formula is C15H15N3S. The number of hydrogen-bond donors (Lipinski definition) is 1. The molecule has 19 heavy (non-hydrogen) atoms. The largest absolute Gasteiger partial charge is 0.399 e. The first-order valence-corrected chi connectivity index (χ1v) is 6.91. The molecule has 0 saturated carbocycles. The number of anilines is 2. The number of nitrogens with two attached hydrogens (primary N) is 1. The van der Waals surface area contributed by atoms with Crippen molar-refractivity contribution in [3.63, 3.8) is 0 Å². The molecule has 1 heterocycles. The summed E-state index contributed by atoms with van der Waals surface area (Å²) in [6.45, 7) is 0.831. The van der Waals surface area contributed by atoms with Gasteiger partial charge >= 0.3 is 0 Å². The lowest BCUT2D eigenvalue weighted by Crippen LogP contribution is -2.15. The van der Waals surface area contributed by atoms with Crippen LogP contribution in [0.2, 0.25) is 0 Å². The van der Waals surface area contributed by atoms with Crippen molar-refractivity contribution in [1.29, 1.82) is 0 Å². The zero-order valence-corrected chi connectivity index (χ0v) is 11.5. The van der Waals surface area contributed by atoms with Crippen molar-refractivity contribution in [3.8, 4) is 0 Å². The van der Waals surface area contributed by atoms with Crippen LogP contribution in [0.3, 0.4) is 0 Å². The topological polar surface area (TPSA) is 42.1 Å². The molecule has 0 amide bonds. The van der Waals surface area contributed by atoms with Crippen molar-refractivity contribution in [2.75, 3.05) is 17.7 Å². The van der Waals surface area contributed by atoms with Crippen LogP contribution >= 0.6 is 11.5 Å². The van der Waals surface area contributed by atoms with Crippen molar-refractivity contribution >= 4 is 33.1 Å². The minimum atomic E-state index is 0.806. The maximum atomic E-state index is 5.82. The number of fused-ring (bicyclic) bond motifs is 1. The molecule has 3 nitrogen and oxygen atoms in total. The molecular weight excluding hydrogens is 254 g/mol. The van der Waals surface area contributed by atoms with Crippen LogP contribution in [0.1, 0.15) is 5.56 Å². The van der Waals surface area contributed by atoms with E-state index in [1.165, 1.54) is 27.5 Å². The van der Waals surface area contributed by atoms with E-state index in [0.29, 0.717) is 0 Å². The van der Waals surface area contributed by atoms with Gasteiger partial charge in [-0.3, -0.25) is 0 Å². The van der Waals surface area contributed by atoms with E-state index in [2.05, 4.69) is 34.5 Å². The predicted molar refractivity (Wildman–Crippen MR) is 82.6 cm³/mol. The second kappa shape index (κ2) is 4.90. The number of hydrogen-bond acceptors (Lipinski definition) is 4. The van der Waals surface area contributed by atoms with Crippen molar-refractivity contribution in [2.24, 2.45) is 0 Å². The average Bonchev–Trinajstić information content (AvgIpc) is 2.82. The van der Waals surface area contributed by atoms with Gasteiger partial charge in [0.05, 0.1) is 5.52 Å². The van der Waals surface area contributed by atoms with Gasteiger partial charge in [-0.2, -0.15) is 4.37 Å². The average molecular weight is 269 g/mol. The minimum Gasteiger partial charge on any atom is -0.399 e. The lowest BCUT2D eigenvalue weighted by molar-refractivity contribution is 0.939. The van der Waals surface area contributed by atoms with E-state index in [1.807, 2.05) is 30.3 Å². The highest BCUT2D eigenvalue weighted by atomic mass is 32.1. The molecule has 0 atom stereocenters. The van der Waals surface area contributed by atoms with Gasteiger partial charge in [0.2, 0.25) is 0 Å². The Labute approximate surface area is 116 Å². The molecule has 3 rings (SSSR count). The zero-order chi connectivity index (χ0) is 13.2. The molecule has 2 N–H and O–H groups in total. The molecule has 0 aliphatic heterocycles. The number of nitrogen functional groups attached to an aromatic ring is 1. The first-order chi connectivity index (χ1) is 9.24. The monoisotopic (exact) mass is 269 g/mol. The van der Waals surface area contributed by atoms with Crippen LogP contribution in [0.15, 0.2) is 48.5 Å². The molecule has 0 fully saturated rings. The van der Waals surface area contributed by atoms with Gasteiger partial charge in [0, 0.05) is 24.7 Å². The Morgan fingerprint density at radius 3 is 2.84 bits per heavy atom. The molecule has 96 valence electrons. The Kier molecular flexibility index (Phi) is 3.09. The van der Waals surface area contributed by atoms with E-state index in [4.69, 9.17) is 5.73 Å². The van der Waals surface area contributed by atoms with Crippen LogP contribution in [0.4, 0.5) is 10.7 Å². The van der Waals surface area contributed by atoms with Gasteiger partial charge in [0.25, 0.3) is 0 Å². The molecule has 0 saturated heterocycles. The van der Waals surface area contributed by atoms with E-state index < -0.39 is 0 Å². The summed E-state index contributed by atoms with van der Waals surface area (Å²) in [5.74, 6) is 0. The van der Waals surface area contributed by atoms with E-state index in [1.54, 1.807) is 0 Å². The van der Waals surface area contributed by atoms with Crippen molar-refractivity contribution in [2.45, 2.75) is 6.54 Å². The fourth-order valence-electron chi connectivity index (χ4n) is 2.19. The molecule has 1 aromatic heterocycles. The number of benzene rings is 2. The van der Waals surface area contributed by atoms with Crippen molar-refractivity contribution in [1.82, 2.24) is 4.37 Å². The van der Waals surface area contributed by atoms with E-state index in [-0.39, 0.29) is 0 Å². The molecule has 0 aliphatic rings. The molecule has 0 bridgehead atoms. The summed E-state index contributed by atoms with van der Waals surface area (Å²) in [5, 5.41) is 2.40. The van der Waals surface area contributed by atoms with Crippen LogP contribution in [0.25, 0.3) is 10.9 Å². The van der Waals surface area contributed by atoms with Crippen LogP contribution in [0, 0.1) is 0 Å². The Morgan fingerprint density at radius 1 is 1.16 bits per heavy atom. The third kappa shape index (κ3) is 2.39. The molecule has 0 radical (unpaired) electrons. The number of nitrogens with zero attached hydrogens (tertiary/aromatic N) is 2. The van der Waals surface area contributed by atoms with Gasteiger partial charge in [-0.05, 0) is 41.4 Å². The van der Waals surface area contributed by atoms with Gasteiger partial charge < -0.3 is 10.6 Å². The highest BCUT2D eigenvalue weighted by Gasteiger charge is 2.10. The van der Waals surface area contributed by atoms with Gasteiger partial charge in [-0.15, -0.1) is 0 Å². The summed E-state index contributed by atoms with van der Waals surface area (Å²) in [6, 6.07) is 16.2. The van der Waals surface area contributed by atoms with Crippen LogP contribution in [-0.4, -0.2) is 11.4 Å². The molecule has 0 unspecified atom stereocenters. The maximum Gasteiger partial charge on any atom is 0.120 e. The van der Waals surface area contributed by atoms with Crippen LogP contribution in [0.5, 0.6) is 0 Å². The first-order valence-electron chi connectivity index (χ1n) is 6.14. The van der Waals surface area contributed by atoms with Gasteiger partial charge in [0.15, 0.2) is 0 Å². The predicted octanol–water partition coefficient (Wildman–Crippen LogP) is 3.51. The van der Waals surface area contributed by atoms with Gasteiger partial charge in [-0.1, -0.05) is 24.3 Å². The summed E-state index contributed by atoms with van der Waals surface area (Å²) < 4.78 is 4.47. The van der Waals surface area contributed by atoms with E-state index in [9.17, 15) is 0 Å².